The zero-order chi connectivity index (χ0) is 27.4. The van der Waals surface area contributed by atoms with Gasteiger partial charge >= 0.3 is 0 Å². The van der Waals surface area contributed by atoms with E-state index in [-0.39, 0.29) is 5.56 Å². The predicted molar refractivity (Wildman–Crippen MR) is 169 cm³/mol. The van der Waals surface area contributed by atoms with Crippen LogP contribution in [0.3, 0.4) is 0 Å². The number of hydrogen-bond acceptors (Lipinski definition) is 3. The molecular weight excluding hydrogens is 578 g/mol. The summed E-state index contributed by atoms with van der Waals surface area (Å²) in [6.45, 7) is 4.14. The summed E-state index contributed by atoms with van der Waals surface area (Å²) in [6, 6.07) is 35.4. The number of hydrogen-bond donors (Lipinski definition) is 0. The van der Waals surface area contributed by atoms with Crippen molar-refractivity contribution in [2.75, 3.05) is 0 Å². The second-order valence-corrected chi connectivity index (χ2v) is 11.9. The van der Waals surface area contributed by atoms with Crippen LogP contribution in [0.25, 0.3) is 50.3 Å². The van der Waals surface area contributed by atoms with Crippen LogP contribution >= 0.6 is 27.3 Å². The van der Waals surface area contributed by atoms with E-state index in [2.05, 4.69) is 125 Å². The smallest absolute Gasteiger partial charge is 0.274 e. The normalized spacial score (nSPS) is 12.1. The molecule has 0 aliphatic rings. The fourth-order valence-corrected chi connectivity index (χ4v) is 6.51. The summed E-state index contributed by atoms with van der Waals surface area (Å²) in [5.41, 5.74) is 10.3. The standard InChI is InChI=1S/C34H24BrN3OS/c1-21-17-28-30(18-22(21)2)38-33(39)31(40-34(38)36-28)20-25-19-29(23-9-5-3-6-10-23)37(27-15-13-26(35)14-16-27)32(25)24-11-7-4-8-12-24/h3-20H,1-2H3/b31-20+. The van der Waals surface area contributed by atoms with Gasteiger partial charge in [0.1, 0.15) is 0 Å². The summed E-state index contributed by atoms with van der Waals surface area (Å²) in [5, 5.41) is 0. The minimum absolute atomic E-state index is 0.0394. The highest BCUT2D eigenvalue weighted by Gasteiger charge is 2.20. The van der Waals surface area contributed by atoms with Gasteiger partial charge in [0.2, 0.25) is 0 Å². The molecule has 6 heteroatoms. The molecule has 0 amide bonds. The van der Waals surface area contributed by atoms with Gasteiger partial charge in [-0.25, -0.2) is 9.38 Å². The van der Waals surface area contributed by atoms with Gasteiger partial charge in [0.15, 0.2) is 4.96 Å². The Morgan fingerprint density at radius 2 is 1.45 bits per heavy atom. The maximum absolute atomic E-state index is 13.8. The van der Waals surface area contributed by atoms with E-state index in [1.807, 2.05) is 18.2 Å². The zero-order valence-corrected chi connectivity index (χ0v) is 24.3. The summed E-state index contributed by atoms with van der Waals surface area (Å²) >= 11 is 5.02. The molecule has 0 radical (unpaired) electrons. The second-order valence-electron chi connectivity index (χ2n) is 9.95. The van der Waals surface area contributed by atoms with Crippen LogP contribution in [0.2, 0.25) is 0 Å². The van der Waals surface area contributed by atoms with Gasteiger partial charge in [-0.2, -0.15) is 0 Å². The third-order valence-corrected chi connectivity index (χ3v) is 8.87. The topological polar surface area (TPSA) is 39.3 Å². The van der Waals surface area contributed by atoms with Crippen molar-refractivity contribution in [1.29, 1.82) is 0 Å². The van der Waals surface area contributed by atoms with Crippen molar-refractivity contribution in [3.05, 3.63) is 139 Å². The fraction of sp³-hybridized carbons (Fsp3) is 0.0588. The number of rotatable bonds is 4. The summed E-state index contributed by atoms with van der Waals surface area (Å²) in [5.74, 6) is 0. The van der Waals surface area contributed by atoms with Crippen LogP contribution in [0, 0.1) is 13.8 Å². The lowest BCUT2D eigenvalue weighted by atomic mass is 10.1. The minimum Gasteiger partial charge on any atom is -0.309 e. The fourth-order valence-electron chi connectivity index (χ4n) is 5.27. The molecule has 40 heavy (non-hydrogen) atoms. The van der Waals surface area contributed by atoms with Crippen molar-refractivity contribution in [3.8, 4) is 28.2 Å². The average Bonchev–Trinajstić information content (AvgIpc) is 3.61. The summed E-state index contributed by atoms with van der Waals surface area (Å²) in [7, 11) is 0. The highest BCUT2D eigenvalue weighted by molar-refractivity contribution is 9.10. The van der Waals surface area contributed by atoms with E-state index in [9.17, 15) is 4.79 Å². The Balaban J connectivity index is 1.55. The molecule has 0 bridgehead atoms. The number of fused-ring (bicyclic) bond motifs is 3. The molecular formula is C34H24BrN3OS. The molecule has 4 nitrogen and oxygen atoms in total. The van der Waals surface area contributed by atoms with E-state index in [1.54, 1.807) is 4.40 Å². The number of halogens is 1. The molecule has 194 valence electrons. The van der Waals surface area contributed by atoms with E-state index in [4.69, 9.17) is 4.98 Å². The van der Waals surface area contributed by atoms with Crippen LogP contribution in [0.5, 0.6) is 0 Å². The Morgan fingerprint density at radius 1 is 0.800 bits per heavy atom. The molecule has 0 spiro atoms. The van der Waals surface area contributed by atoms with Crippen LogP contribution in [0.4, 0.5) is 0 Å². The lowest BCUT2D eigenvalue weighted by Crippen LogP contribution is -2.22. The second kappa shape index (κ2) is 9.73. The summed E-state index contributed by atoms with van der Waals surface area (Å²) in [6.07, 6.45) is 2.03. The van der Waals surface area contributed by atoms with Crippen molar-refractivity contribution in [1.82, 2.24) is 14.0 Å². The lowest BCUT2D eigenvalue weighted by molar-refractivity contribution is 1.09. The van der Waals surface area contributed by atoms with E-state index in [1.165, 1.54) is 16.9 Å². The SMILES string of the molecule is Cc1cc2nc3s/c(=C/c4cc(-c5ccccc5)n(-c5ccc(Br)cc5)c4-c4ccccc4)c(=O)n3c2cc1C. The van der Waals surface area contributed by atoms with Crippen molar-refractivity contribution in [3.63, 3.8) is 0 Å². The lowest BCUT2D eigenvalue weighted by Gasteiger charge is -2.15. The highest BCUT2D eigenvalue weighted by atomic mass is 79.9. The molecule has 0 aliphatic heterocycles. The Kier molecular flexibility index (Phi) is 6.02. The Bertz CT molecular complexity index is 2140. The molecule has 7 aromatic rings. The van der Waals surface area contributed by atoms with Gasteiger partial charge in [-0.1, -0.05) is 87.9 Å². The molecule has 4 aromatic carbocycles. The number of benzene rings is 4. The molecule has 0 fully saturated rings. The molecule has 0 atom stereocenters. The molecule has 7 rings (SSSR count). The predicted octanol–water partition coefficient (Wildman–Crippen LogP) is 7.96. The molecule has 0 N–H and O–H groups in total. The van der Waals surface area contributed by atoms with Crippen molar-refractivity contribution >= 4 is 49.3 Å². The monoisotopic (exact) mass is 601 g/mol. The maximum atomic E-state index is 13.8. The van der Waals surface area contributed by atoms with Crippen LogP contribution in [-0.2, 0) is 0 Å². The molecule has 0 unspecified atom stereocenters. The van der Waals surface area contributed by atoms with Crippen molar-refractivity contribution in [2.45, 2.75) is 13.8 Å². The number of aryl methyl sites for hydroxylation is 2. The summed E-state index contributed by atoms with van der Waals surface area (Å²) in [4.78, 5) is 19.3. The first-order valence-corrected chi connectivity index (χ1v) is 14.7. The van der Waals surface area contributed by atoms with Crippen LogP contribution in [0.15, 0.2) is 112 Å². The maximum Gasteiger partial charge on any atom is 0.274 e. The van der Waals surface area contributed by atoms with Crippen molar-refractivity contribution in [2.24, 2.45) is 0 Å². The van der Waals surface area contributed by atoms with E-state index in [0.29, 0.717) is 9.49 Å². The molecule has 0 saturated carbocycles. The number of thiazole rings is 1. The van der Waals surface area contributed by atoms with Gasteiger partial charge in [0.05, 0.1) is 27.0 Å². The Labute approximate surface area is 243 Å². The largest absolute Gasteiger partial charge is 0.309 e. The Morgan fingerprint density at radius 3 is 2.15 bits per heavy atom. The van der Waals surface area contributed by atoms with Gasteiger partial charge in [-0.05, 0) is 84.6 Å². The first-order valence-electron chi connectivity index (χ1n) is 13.0. The molecule has 3 aromatic heterocycles. The average molecular weight is 603 g/mol. The highest BCUT2D eigenvalue weighted by Crippen LogP contribution is 2.37. The van der Waals surface area contributed by atoms with Crippen LogP contribution in [-0.4, -0.2) is 14.0 Å². The quantitative estimate of drug-likeness (QED) is 0.205. The molecule has 0 saturated heterocycles. The van der Waals surface area contributed by atoms with E-state index >= 15 is 0 Å². The van der Waals surface area contributed by atoms with Crippen LogP contribution in [0.1, 0.15) is 16.7 Å². The first-order chi connectivity index (χ1) is 19.5. The first kappa shape index (κ1) is 24.8. The van der Waals surface area contributed by atoms with Gasteiger partial charge in [0, 0.05) is 15.7 Å². The zero-order valence-electron chi connectivity index (χ0n) is 21.9. The van der Waals surface area contributed by atoms with Gasteiger partial charge in [-0.3, -0.25) is 4.79 Å². The van der Waals surface area contributed by atoms with Gasteiger partial charge in [0.25, 0.3) is 5.56 Å². The van der Waals surface area contributed by atoms with Gasteiger partial charge in [-0.15, -0.1) is 0 Å². The number of imidazole rings is 1. The third-order valence-electron chi connectivity index (χ3n) is 7.37. The van der Waals surface area contributed by atoms with E-state index in [0.717, 1.165) is 54.8 Å². The van der Waals surface area contributed by atoms with E-state index < -0.39 is 0 Å². The Hall–Kier alpha value is -4.26. The van der Waals surface area contributed by atoms with Crippen molar-refractivity contribution < 1.29 is 0 Å². The molecule has 0 aliphatic carbocycles. The summed E-state index contributed by atoms with van der Waals surface area (Å²) < 4.78 is 5.72. The number of nitrogens with zero attached hydrogens (tertiary/aromatic N) is 3. The minimum atomic E-state index is -0.0394. The number of aromatic nitrogens is 3. The van der Waals surface area contributed by atoms with Crippen LogP contribution < -0.4 is 10.1 Å². The van der Waals surface area contributed by atoms with Gasteiger partial charge < -0.3 is 4.57 Å². The third kappa shape index (κ3) is 4.12. The molecule has 3 heterocycles.